The van der Waals surface area contributed by atoms with Gasteiger partial charge in [-0.15, -0.1) is 0 Å². The van der Waals surface area contributed by atoms with E-state index in [1.807, 2.05) is 0 Å². The highest BCUT2D eigenvalue weighted by Gasteiger charge is 2.10. The largest absolute Gasteiger partial charge is 0.409 e. The van der Waals surface area contributed by atoms with E-state index >= 15 is 0 Å². The molecule has 0 aromatic carbocycles. The molecule has 0 amide bonds. The maximum absolute atomic E-state index is 8.64. The lowest BCUT2D eigenvalue weighted by atomic mass is 10.2. The summed E-state index contributed by atoms with van der Waals surface area (Å²) in [4.78, 5) is 4.10. The smallest absolute Gasteiger partial charge is 0.173 e. The Hall–Kier alpha value is -2.08. The van der Waals surface area contributed by atoms with Crippen molar-refractivity contribution in [3.8, 4) is 5.82 Å². The van der Waals surface area contributed by atoms with Crippen LogP contribution in [0.2, 0.25) is 5.02 Å². The molecule has 0 aliphatic rings. The van der Waals surface area contributed by atoms with Crippen LogP contribution in [0.3, 0.4) is 0 Å². The zero-order chi connectivity index (χ0) is 11.5. The molecule has 0 saturated heterocycles. The standard InChI is InChI=1S/C9H8ClN5O/c10-6-4-13-15(5-6)9-7(8(11)14-16)2-1-3-12-9/h1-5,16H,(H2,11,14). The Balaban J connectivity index is 2.57. The molecule has 82 valence electrons. The van der Waals surface area contributed by atoms with Crippen molar-refractivity contribution in [2.45, 2.75) is 0 Å². The summed E-state index contributed by atoms with van der Waals surface area (Å²) >= 11 is 5.75. The number of nitrogens with two attached hydrogens (primary N) is 1. The van der Waals surface area contributed by atoms with E-state index in [1.165, 1.54) is 10.9 Å². The van der Waals surface area contributed by atoms with Crippen LogP contribution in [-0.4, -0.2) is 25.8 Å². The molecule has 2 aromatic heterocycles. The molecule has 3 N–H and O–H groups in total. The van der Waals surface area contributed by atoms with Crippen LogP contribution in [0, 0.1) is 0 Å². The van der Waals surface area contributed by atoms with Gasteiger partial charge in [-0.3, -0.25) is 0 Å². The number of hydrogen-bond donors (Lipinski definition) is 2. The lowest BCUT2D eigenvalue weighted by Crippen LogP contribution is -2.17. The van der Waals surface area contributed by atoms with Crippen molar-refractivity contribution in [3.05, 3.63) is 41.3 Å². The second-order valence-corrected chi connectivity index (χ2v) is 3.40. The molecular formula is C9H8ClN5O. The molecule has 0 spiro atoms. The van der Waals surface area contributed by atoms with Gasteiger partial charge in [0.2, 0.25) is 0 Å². The maximum atomic E-state index is 8.64. The second kappa shape index (κ2) is 4.19. The number of amidine groups is 1. The van der Waals surface area contributed by atoms with E-state index in [4.69, 9.17) is 22.5 Å². The Labute approximate surface area is 96.0 Å². The predicted octanol–water partition coefficient (Wildman–Crippen LogP) is 1.02. The van der Waals surface area contributed by atoms with Gasteiger partial charge >= 0.3 is 0 Å². The molecule has 0 aliphatic heterocycles. The third kappa shape index (κ3) is 1.82. The highest BCUT2D eigenvalue weighted by Crippen LogP contribution is 2.13. The number of oxime groups is 1. The first kappa shape index (κ1) is 10.4. The number of aromatic nitrogens is 3. The normalized spacial score (nSPS) is 11.7. The van der Waals surface area contributed by atoms with Gasteiger partial charge in [0, 0.05) is 6.20 Å². The first-order chi connectivity index (χ1) is 7.72. The summed E-state index contributed by atoms with van der Waals surface area (Å²) in [6.07, 6.45) is 4.64. The van der Waals surface area contributed by atoms with Gasteiger partial charge in [0.25, 0.3) is 0 Å². The van der Waals surface area contributed by atoms with E-state index in [1.54, 1.807) is 24.5 Å². The Bertz CT molecular complexity index is 536. The van der Waals surface area contributed by atoms with Gasteiger partial charge in [0.05, 0.1) is 23.0 Å². The molecule has 0 saturated carbocycles. The van der Waals surface area contributed by atoms with Crippen LogP contribution in [0.15, 0.2) is 35.9 Å². The monoisotopic (exact) mass is 237 g/mol. The third-order valence-electron chi connectivity index (χ3n) is 1.94. The van der Waals surface area contributed by atoms with Crippen molar-refractivity contribution in [1.82, 2.24) is 14.8 Å². The Morgan fingerprint density at radius 2 is 2.38 bits per heavy atom. The molecular weight excluding hydrogens is 230 g/mol. The summed E-state index contributed by atoms with van der Waals surface area (Å²) in [5.74, 6) is 0.416. The Morgan fingerprint density at radius 3 is 3.00 bits per heavy atom. The van der Waals surface area contributed by atoms with Gasteiger partial charge in [0.1, 0.15) is 0 Å². The average Bonchev–Trinajstić information content (AvgIpc) is 2.75. The zero-order valence-electron chi connectivity index (χ0n) is 8.08. The summed E-state index contributed by atoms with van der Waals surface area (Å²) in [7, 11) is 0. The molecule has 0 radical (unpaired) electrons. The summed E-state index contributed by atoms with van der Waals surface area (Å²) in [5.41, 5.74) is 6.00. The SMILES string of the molecule is N/C(=N\O)c1cccnc1-n1cc(Cl)cn1. The average molecular weight is 238 g/mol. The van der Waals surface area contributed by atoms with E-state index in [2.05, 4.69) is 15.2 Å². The lowest BCUT2D eigenvalue weighted by molar-refractivity contribution is 0.318. The van der Waals surface area contributed by atoms with Crippen molar-refractivity contribution >= 4 is 17.4 Å². The minimum absolute atomic E-state index is 0.0327. The van der Waals surface area contributed by atoms with Crippen LogP contribution >= 0.6 is 11.6 Å². The molecule has 0 atom stereocenters. The van der Waals surface area contributed by atoms with E-state index in [-0.39, 0.29) is 5.84 Å². The van der Waals surface area contributed by atoms with E-state index in [9.17, 15) is 0 Å². The fourth-order valence-corrected chi connectivity index (χ4v) is 1.39. The van der Waals surface area contributed by atoms with Crippen molar-refractivity contribution in [2.24, 2.45) is 10.9 Å². The quantitative estimate of drug-likeness (QED) is 0.353. The summed E-state index contributed by atoms with van der Waals surface area (Å²) in [5, 5.41) is 16.1. The molecule has 2 rings (SSSR count). The van der Waals surface area contributed by atoms with Gasteiger partial charge in [-0.2, -0.15) is 5.10 Å². The number of hydrogen-bond acceptors (Lipinski definition) is 4. The summed E-state index contributed by atoms with van der Waals surface area (Å²) in [6, 6.07) is 3.36. The van der Waals surface area contributed by atoms with Crippen molar-refractivity contribution < 1.29 is 5.21 Å². The van der Waals surface area contributed by atoms with Gasteiger partial charge in [-0.25, -0.2) is 9.67 Å². The molecule has 7 heteroatoms. The summed E-state index contributed by atoms with van der Waals surface area (Å²) in [6.45, 7) is 0. The molecule has 0 aliphatic carbocycles. The zero-order valence-corrected chi connectivity index (χ0v) is 8.83. The Morgan fingerprint density at radius 1 is 1.56 bits per heavy atom. The van der Waals surface area contributed by atoms with E-state index in [0.717, 1.165) is 0 Å². The van der Waals surface area contributed by atoms with Crippen LogP contribution in [0.5, 0.6) is 0 Å². The van der Waals surface area contributed by atoms with Crippen LogP contribution in [0.25, 0.3) is 5.82 Å². The van der Waals surface area contributed by atoms with Gasteiger partial charge in [-0.05, 0) is 12.1 Å². The van der Waals surface area contributed by atoms with E-state index in [0.29, 0.717) is 16.4 Å². The lowest BCUT2D eigenvalue weighted by Gasteiger charge is -2.05. The van der Waals surface area contributed by atoms with Crippen LogP contribution in [0.1, 0.15) is 5.56 Å². The number of rotatable bonds is 2. The minimum Gasteiger partial charge on any atom is -0.409 e. The molecule has 16 heavy (non-hydrogen) atoms. The predicted molar refractivity (Wildman–Crippen MR) is 58.9 cm³/mol. The first-order valence-corrected chi connectivity index (χ1v) is 4.73. The highest BCUT2D eigenvalue weighted by molar-refractivity contribution is 6.30. The fraction of sp³-hybridized carbons (Fsp3) is 0. The summed E-state index contributed by atoms with van der Waals surface area (Å²) < 4.78 is 1.45. The number of halogens is 1. The minimum atomic E-state index is -0.0327. The molecule has 0 fully saturated rings. The van der Waals surface area contributed by atoms with Gasteiger partial charge in [0.15, 0.2) is 11.7 Å². The van der Waals surface area contributed by atoms with Gasteiger partial charge in [-0.1, -0.05) is 16.8 Å². The van der Waals surface area contributed by atoms with Crippen LogP contribution in [0.4, 0.5) is 0 Å². The molecule has 6 nitrogen and oxygen atoms in total. The first-order valence-electron chi connectivity index (χ1n) is 4.36. The number of nitrogens with zero attached hydrogens (tertiary/aromatic N) is 4. The fourth-order valence-electron chi connectivity index (χ4n) is 1.25. The van der Waals surface area contributed by atoms with Crippen LogP contribution in [-0.2, 0) is 0 Å². The maximum Gasteiger partial charge on any atom is 0.173 e. The van der Waals surface area contributed by atoms with Crippen molar-refractivity contribution in [3.63, 3.8) is 0 Å². The highest BCUT2D eigenvalue weighted by atomic mass is 35.5. The Kier molecular flexibility index (Phi) is 2.74. The van der Waals surface area contributed by atoms with Gasteiger partial charge < -0.3 is 10.9 Å². The van der Waals surface area contributed by atoms with Crippen LogP contribution < -0.4 is 5.73 Å². The molecule has 0 bridgehead atoms. The molecule has 0 unspecified atom stereocenters. The topological polar surface area (TPSA) is 89.3 Å². The molecule has 2 heterocycles. The molecule has 2 aromatic rings. The second-order valence-electron chi connectivity index (χ2n) is 2.96. The van der Waals surface area contributed by atoms with Crippen molar-refractivity contribution in [1.29, 1.82) is 0 Å². The third-order valence-corrected chi connectivity index (χ3v) is 2.13. The van der Waals surface area contributed by atoms with E-state index < -0.39 is 0 Å². The van der Waals surface area contributed by atoms with Crippen molar-refractivity contribution in [2.75, 3.05) is 0 Å². The number of pyridine rings is 1.